The molecule has 0 aliphatic heterocycles. The molecule has 0 radical (unpaired) electrons. The van der Waals surface area contributed by atoms with E-state index in [1.54, 1.807) is 18.9 Å². The van der Waals surface area contributed by atoms with E-state index in [9.17, 15) is 9.59 Å². The minimum absolute atomic E-state index is 0.109. The van der Waals surface area contributed by atoms with Gasteiger partial charge in [-0.1, -0.05) is 20.8 Å². The van der Waals surface area contributed by atoms with Crippen LogP contribution < -0.4 is 11.1 Å². The molecule has 0 spiro atoms. The highest BCUT2D eigenvalue weighted by atomic mass is 16.2. The number of hydrogen-bond donors (Lipinski definition) is 2. The smallest absolute Gasteiger partial charge is 0.244 e. The summed E-state index contributed by atoms with van der Waals surface area (Å²) < 4.78 is 0. The van der Waals surface area contributed by atoms with Gasteiger partial charge in [-0.05, 0) is 19.3 Å². The molecule has 3 N–H and O–H groups in total. The molecule has 0 aromatic rings. The van der Waals surface area contributed by atoms with Crippen LogP contribution in [0, 0.1) is 5.41 Å². The molecule has 100 valence electrons. The number of hydrogen-bond acceptors (Lipinski definition) is 3. The summed E-state index contributed by atoms with van der Waals surface area (Å²) in [4.78, 5) is 25.1. The van der Waals surface area contributed by atoms with Gasteiger partial charge in [0.1, 0.15) is 6.04 Å². The van der Waals surface area contributed by atoms with E-state index in [0.29, 0.717) is 6.54 Å². The molecule has 2 atom stereocenters. The van der Waals surface area contributed by atoms with Gasteiger partial charge in [-0.3, -0.25) is 9.59 Å². The average Bonchev–Trinajstić information content (AvgIpc) is 2.24. The van der Waals surface area contributed by atoms with Crippen LogP contribution in [0.2, 0.25) is 0 Å². The zero-order valence-electron chi connectivity index (χ0n) is 11.7. The lowest BCUT2D eigenvalue weighted by Gasteiger charge is -2.28. The fraction of sp³-hybridized carbons (Fsp3) is 0.833. The number of carbonyl (C=O) groups is 2. The molecule has 5 nitrogen and oxygen atoms in total. The van der Waals surface area contributed by atoms with Crippen LogP contribution in [0.3, 0.4) is 0 Å². The molecule has 0 fully saturated rings. The van der Waals surface area contributed by atoms with Crippen LogP contribution in [0.15, 0.2) is 0 Å². The van der Waals surface area contributed by atoms with Gasteiger partial charge in [0.15, 0.2) is 0 Å². The van der Waals surface area contributed by atoms with Gasteiger partial charge in [0.05, 0.1) is 6.04 Å². The molecule has 0 bridgehead atoms. The van der Waals surface area contributed by atoms with Crippen molar-refractivity contribution >= 4 is 11.8 Å². The maximum Gasteiger partial charge on any atom is 0.244 e. The molecule has 5 heteroatoms. The fourth-order valence-electron chi connectivity index (χ4n) is 1.24. The molecule has 2 amide bonds. The van der Waals surface area contributed by atoms with Gasteiger partial charge in [-0.2, -0.15) is 0 Å². The van der Waals surface area contributed by atoms with Gasteiger partial charge in [-0.25, -0.2) is 0 Å². The van der Waals surface area contributed by atoms with Crippen molar-refractivity contribution in [1.82, 2.24) is 10.2 Å². The predicted molar refractivity (Wildman–Crippen MR) is 68.3 cm³/mol. The third kappa shape index (κ3) is 4.73. The van der Waals surface area contributed by atoms with E-state index in [4.69, 9.17) is 5.73 Å². The molecular formula is C12H25N3O2. The highest BCUT2D eigenvalue weighted by Gasteiger charge is 2.29. The minimum atomic E-state index is -0.621. The van der Waals surface area contributed by atoms with E-state index < -0.39 is 12.1 Å². The Morgan fingerprint density at radius 2 is 1.82 bits per heavy atom. The Labute approximate surface area is 104 Å². The summed E-state index contributed by atoms with van der Waals surface area (Å²) >= 11 is 0. The summed E-state index contributed by atoms with van der Waals surface area (Å²) in [6.07, 6.45) is 0. The summed E-state index contributed by atoms with van der Waals surface area (Å²) in [7, 11) is 1.70. The Balaban J connectivity index is 4.45. The van der Waals surface area contributed by atoms with Crippen molar-refractivity contribution in [1.29, 1.82) is 0 Å². The molecule has 0 heterocycles. The van der Waals surface area contributed by atoms with Gasteiger partial charge in [0, 0.05) is 13.6 Å². The van der Waals surface area contributed by atoms with Crippen LogP contribution >= 0.6 is 0 Å². The van der Waals surface area contributed by atoms with E-state index in [2.05, 4.69) is 5.32 Å². The van der Waals surface area contributed by atoms with Crippen LogP contribution in [0.4, 0.5) is 0 Å². The molecule has 1 unspecified atom stereocenters. The van der Waals surface area contributed by atoms with E-state index in [0.717, 1.165) is 0 Å². The van der Waals surface area contributed by atoms with Crippen molar-refractivity contribution in [2.45, 2.75) is 46.7 Å². The maximum atomic E-state index is 11.8. The molecule has 0 aliphatic rings. The largest absolute Gasteiger partial charge is 0.344 e. The lowest BCUT2D eigenvalue weighted by atomic mass is 9.87. The number of rotatable bonds is 4. The fourth-order valence-corrected chi connectivity index (χ4v) is 1.24. The Morgan fingerprint density at radius 1 is 1.35 bits per heavy atom. The molecule has 0 saturated carbocycles. The first-order chi connectivity index (χ1) is 7.61. The zero-order valence-corrected chi connectivity index (χ0v) is 11.7. The molecular weight excluding hydrogens is 218 g/mol. The first-order valence-electron chi connectivity index (χ1n) is 5.92. The molecule has 0 aromatic carbocycles. The van der Waals surface area contributed by atoms with Crippen LogP contribution in [-0.4, -0.2) is 42.4 Å². The summed E-state index contributed by atoms with van der Waals surface area (Å²) in [5.41, 5.74) is 5.50. The summed E-state index contributed by atoms with van der Waals surface area (Å²) in [6.45, 7) is 9.84. The molecule has 0 rings (SSSR count). The normalized spacial score (nSPS) is 15.0. The van der Waals surface area contributed by atoms with Crippen molar-refractivity contribution in [3.63, 3.8) is 0 Å². The van der Waals surface area contributed by atoms with Gasteiger partial charge in [0.25, 0.3) is 0 Å². The second-order valence-corrected chi connectivity index (χ2v) is 5.43. The third-order valence-corrected chi connectivity index (χ3v) is 2.80. The predicted octanol–water partition coefficient (Wildman–Crippen LogP) is 0.343. The van der Waals surface area contributed by atoms with Crippen molar-refractivity contribution in [2.75, 3.05) is 13.6 Å². The Hall–Kier alpha value is -1.10. The number of likely N-dealkylation sites (N-methyl/N-ethyl adjacent to an activating group) is 1. The quantitative estimate of drug-likeness (QED) is 0.748. The van der Waals surface area contributed by atoms with Crippen molar-refractivity contribution in [2.24, 2.45) is 11.1 Å². The maximum absolute atomic E-state index is 11.8. The van der Waals surface area contributed by atoms with Gasteiger partial charge in [0.2, 0.25) is 11.8 Å². The monoisotopic (exact) mass is 243 g/mol. The topological polar surface area (TPSA) is 75.4 Å². The van der Waals surface area contributed by atoms with Crippen molar-refractivity contribution in [3.8, 4) is 0 Å². The van der Waals surface area contributed by atoms with E-state index in [1.807, 2.05) is 27.7 Å². The first kappa shape index (κ1) is 15.9. The SMILES string of the molecule is CCN(C)C(=O)C(C)NC(=O)[C@@H](N)C(C)(C)C. The number of amides is 2. The zero-order chi connectivity index (χ0) is 13.8. The van der Waals surface area contributed by atoms with Crippen LogP contribution in [0.25, 0.3) is 0 Å². The second-order valence-electron chi connectivity index (χ2n) is 5.43. The van der Waals surface area contributed by atoms with E-state index in [-0.39, 0.29) is 17.2 Å². The minimum Gasteiger partial charge on any atom is -0.344 e. The number of carbonyl (C=O) groups excluding carboxylic acids is 2. The van der Waals surface area contributed by atoms with Crippen molar-refractivity contribution in [3.05, 3.63) is 0 Å². The average molecular weight is 243 g/mol. The van der Waals surface area contributed by atoms with Gasteiger partial charge < -0.3 is 16.0 Å². The lowest BCUT2D eigenvalue weighted by Crippen LogP contribution is -2.54. The molecule has 0 aliphatic carbocycles. The lowest BCUT2D eigenvalue weighted by molar-refractivity contribution is -0.135. The third-order valence-electron chi connectivity index (χ3n) is 2.80. The number of nitrogens with one attached hydrogen (secondary N) is 1. The molecule has 0 saturated heterocycles. The second kappa shape index (κ2) is 6.00. The first-order valence-corrected chi connectivity index (χ1v) is 5.92. The summed E-state index contributed by atoms with van der Waals surface area (Å²) in [5.74, 6) is -0.398. The van der Waals surface area contributed by atoms with E-state index in [1.165, 1.54) is 0 Å². The van der Waals surface area contributed by atoms with Gasteiger partial charge >= 0.3 is 0 Å². The van der Waals surface area contributed by atoms with E-state index >= 15 is 0 Å². The molecule has 0 aromatic heterocycles. The highest BCUT2D eigenvalue weighted by molar-refractivity contribution is 5.89. The Kier molecular flexibility index (Phi) is 5.61. The number of nitrogens with zero attached hydrogens (tertiary/aromatic N) is 1. The standard InChI is InChI=1S/C12H25N3O2/c1-7-15(6)11(17)8(2)14-10(16)9(13)12(3,4)5/h8-9H,7,13H2,1-6H3,(H,14,16)/t8?,9-/m1/s1. The number of nitrogens with two attached hydrogens (primary N) is 1. The Morgan fingerprint density at radius 3 is 2.18 bits per heavy atom. The molecule has 17 heavy (non-hydrogen) atoms. The summed E-state index contributed by atoms with van der Waals surface area (Å²) in [6, 6.07) is -1.16. The highest BCUT2D eigenvalue weighted by Crippen LogP contribution is 2.17. The van der Waals surface area contributed by atoms with Crippen LogP contribution in [0.1, 0.15) is 34.6 Å². The van der Waals surface area contributed by atoms with Crippen LogP contribution in [-0.2, 0) is 9.59 Å². The van der Waals surface area contributed by atoms with Gasteiger partial charge in [-0.15, -0.1) is 0 Å². The van der Waals surface area contributed by atoms with Crippen LogP contribution in [0.5, 0.6) is 0 Å². The summed E-state index contributed by atoms with van der Waals surface area (Å²) in [5, 5.41) is 2.65. The van der Waals surface area contributed by atoms with Crippen molar-refractivity contribution < 1.29 is 9.59 Å². The Bertz CT molecular complexity index is 284.